The average molecular weight is 291 g/mol. The third-order valence-corrected chi connectivity index (χ3v) is 3.55. The number of aryl methyl sites for hydroxylation is 1. The van der Waals surface area contributed by atoms with Crippen LogP contribution in [-0.2, 0) is 6.42 Å². The number of rotatable bonds is 8. The molecule has 0 spiro atoms. The summed E-state index contributed by atoms with van der Waals surface area (Å²) in [6.45, 7) is 7.27. The van der Waals surface area contributed by atoms with E-state index in [1.807, 2.05) is 16.8 Å². The molecule has 0 aliphatic carbocycles. The van der Waals surface area contributed by atoms with E-state index in [2.05, 4.69) is 31.2 Å². The van der Waals surface area contributed by atoms with E-state index in [1.165, 1.54) is 0 Å². The Balaban J connectivity index is 2.22. The second-order valence-electron chi connectivity index (χ2n) is 5.36. The van der Waals surface area contributed by atoms with Gasteiger partial charge in [-0.25, -0.2) is 0 Å². The lowest BCUT2D eigenvalue weighted by Crippen LogP contribution is -2.25. The molecule has 0 aromatic carbocycles. The lowest BCUT2D eigenvalue weighted by atomic mass is 10.1. The molecule has 1 N–H and O–H groups in total. The van der Waals surface area contributed by atoms with E-state index in [9.17, 15) is 0 Å². The lowest BCUT2D eigenvalue weighted by molar-refractivity contribution is 0.374. The predicted octanol–water partition coefficient (Wildman–Crippen LogP) is 3.35. The molecule has 116 valence electrons. The van der Waals surface area contributed by atoms with Crippen molar-refractivity contribution in [3.05, 3.63) is 36.0 Å². The summed E-state index contributed by atoms with van der Waals surface area (Å²) in [6.07, 6.45) is 5.34. The van der Waals surface area contributed by atoms with Crippen molar-refractivity contribution in [1.82, 2.24) is 15.1 Å². The highest BCUT2D eigenvalue weighted by atomic mass is 16.5. The first kappa shape index (κ1) is 15.6. The first-order valence-corrected chi connectivity index (χ1v) is 7.54. The number of methoxy groups -OCH3 is 1. The number of aromatic nitrogens is 2. The Morgan fingerprint density at radius 1 is 1.43 bits per heavy atom. The Bertz CT molecular complexity index is 532. The van der Waals surface area contributed by atoms with Crippen LogP contribution in [-0.4, -0.2) is 23.4 Å². The van der Waals surface area contributed by atoms with Crippen molar-refractivity contribution in [3.8, 4) is 5.75 Å². The minimum absolute atomic E-state index is 0.194. The zero-order valence-electron chi connectivity index (χ0n) is 13.3. The number of hydrogen-bond acceptors (Lipinski definition) is 4. The summed E-state index contributed by atoms with van der Waals surface area (Å²) in [5.74, 6) is 1.85. The van der Waals surface area contributed by atoms with Crippen LogP contribution in [0.3, 0.4) is 0 Å². The number of hydrogen-bond donors (Lipinski definition) is 1. The molecule has 0 saturated carbocycles. The first-order valence-electron chi connectivity index (χ1n) is 7.54. The number of nitrogens with zero attached hydrogens (tertiary/aromatic N) is 2. The summed E-state index contributed by atoms with van der Waals surface area (Å²) in [4.78, 5) is 0. The van der Waals surface area contributed by atoms with E-state index in [-0.39, 0.29) is 6.04 Å². The molecular weight excluding hydrogens is 266 g/mol. The Kier molecular flexibility index (Phi) is 5.44. The van der Waals surface area contributed by atoms with Gasteiger partial charge in [0.25, 0.3) is 0 Å². The van der Waals surface area contributed by atoms with Gasteiger partial charge in [0.15, 0.2) is 5.75 Å². The molecule has 2 rings (SSSR count). The van der Waals surface area contributed by atoms with Gasteiger partial charge in [-0.2, -0.15) is 5.10 Å². The zero-order chi connectivity index (χ0) is 15.2. The quantitative estimate of drug-likeness (QED) is 0.810. The van der Waals surface area contributed by atoms with E-state index in [4.69, 9.17) is 9.15 Å². The molecule has 2 aromatic rings. The van der Waals surface area contributed by atoms with Crippen molar-refractivity contribution in [3.63, 3.8) is 0 Å². The van der Waals surface area contributed by atoms with Gasteiger partial charge < -0.3 is 14.5 Å². The van der Waals surface area contributed by atoms with Gasteiger partial charge >= 0.3 is 0 Å². The van der Waals surface area contributed by atoms with Crippen LogP contribution in [0.2, 0.25) is 0 Å². The predicted molar refractivity (Wildman–Crippen MR) is 82.6 cm³/mol. The maximum Gasteiger partial charge on any atom is 0.161 e. The molecule has 5 nitrogen and oxygen atoms in total. The fourth-order valence-electron chi connectivity index (χ4n) is 2.58. The number of furan rings is 1. The third kappa shape index (κ3) is 3.67. The van der Waals surface area contributed by atoms with Gasteiger partial charge in [-0.05, 0) is 38.9 Å². The van der Waals surface area contributed by atoms with E-state index in [0.29, 0.717) is 6.04 Å². The van der Waals surface area contributed by atoms with E-state index < -0.39 is 0 Å². The van der Waals surface area contributed by atoms with Crippen LogP contribution >= 0.6 is 0 Å². The number of nitrogens with one attached hydrogen (secondary N) is 1. The molecule has 0 aliphatic heterocycles. The van der Waals surface area contributed by atoms with Crippen molar-refractivity contribution in [2.45, 2.75) is 45.7 Å². The van der Waals surface area contributed by atoms with Crippen LogP contribution in [0.4, 0.5) is 0 Å². The van der Waals surface area contributed by atoms with Gasteiger partial charge in [0.1, 0.15) is 5.76 Å². The smallest absolute Gasteiger partial charge is 0.161 e. The van der Waals surface area contributed by atoms with E-state index in [0.717, 1.165) is 36.6 Å². The molecule has 5 heteroatoms. The maximum atomic E-state index is 5.49. The van der Waals surface area contributed by atoms with E-state index >= 15 is 0 Å². The van der Waals surface area contributed by atoms with Crippen molar-refractivity contribution in [1.29, 1.82) is 0 Å². The fourth-order valence-corrected chi connectivity index (χ4v) is 2.58. The summed E-state index contributed by atoms with van der Waals surface area (Å²) >= 11 is 0. The molecule has 0 bridgehead atoms. The van der Waals surface area contributed by atoms with Gasteiger partial charge in [0, 0.05) is 12.5 Å². The molecular formula is C16H25N3O2. The molecule has 21 heavy (non-hydrogen) atoms. The molecule has 2 aromatic heterocycles. The van der Waals surface area contributed by atoms with Crippen molar-refractivity contribution >= 4 is 0 Å². The number of ether oxygens (including phenoxy) is 1. The highest BCUT2D eigenvalue weighted by molar-refractivity contribution is 5.29. The Hall–Kier alpha value is -1.75. The molecule has 1 unspecified atom stereocenters. The highest BCUT2D eigenvalue weighted by Crippen LogP contribution is 2.30. The average Bonchev–Trinajstić information content (AvgIpc) is 3.12. The van der Waals surface area contributed by atoms with Crippen LogP contribution in [0, 0.1) is 0 Å². The van der Waals surface area contributed by atoms with Crippen molar-refractivity contribution in [2.75, 3.05) is 13.7 Å². The molecule has 0 fully saturated rings. The maximum absolute atomic E-state index is 5.49. The van der Waals surface area contributed by atoms with Crippen molar-refractivity contribution < 1.29 is 9.15 Å². The van der Waals surface area contributed by atoms with Gasteiger partial charge in [0.05, 0.1) is 31.3 Å². The molecule has 0 saturated heterocycles. The molecule has 0 aliphatic rings. The van der Waals surface area contributed by atoms with E-state index in [1.54, 1.807) is 19.6 Å². The summed E-state index contributed by atoms with van der Waals surface area (Å²) in [7, 11) is 1.70. The first-order chi connectivity index (χ1) is 10.2. The van der Waals surface area contributed by atoms with Crippen LogP contribution < -0.4 is 10.1 Å². The van der Waals surface area contributed by atoms with Crippen LogP contribution in [0.25, 0.3) is 0 Å². The lowest BCUT2D eigenvalue weighted by Gasteiger charge is -2.22. The summed E-state index contributed by atoms with van der Waals surface area (Å²) < 4.78 is 13.0. The molecule has 0 amide bonds. The molecule has 0 radical (unpaired) electrons. The van der Waals surface area contributed by atoms with Gasteiger partial charge in [0.2, 0.25) is 0 Å². The van der Waals surface area contributed by atoms with Crippen LogP contribution in [0.15, 0.2) is 29.0 Å². The molecule has 2 heterocycles. The topological polar surface area (TPSA) is 52.2 Å². The Morgan fingerprint density at radius 2 is 2.24 bits per heavy atom. The van der Waals surface area contributed by atoms with Crippen molar-refractivity contribution in [2.24, 2.45) is 0 Å². The molecule has 1 atom stereocenters. The summed E-state index contributed by atoms with van der Waals surface area (Å²) in [5, 5.41) is 8.00. The fraction of sp³-hybridized carbons (Fsp3) is 0.562. The Labute approximate surface area is 126 Å². The van der Waals surface area contributed by atoms with Gasteiger partial charge in [-0.15, -0.1) is 0 Å². The second-order valence-corrected chi connectivity index (χ2v) is 5.36. The summed E-state index contributed by atoms with van der Waals surface area (Å²) in [5.41, 5.74) is 1.11. The minimum atomic E-state index is 0.194. The van der Waals surface area contributed by atoms with Crippen LogP contribution in [0.5, 0.6) is 5.75 Å². The minimum Gasteiger partial charge on any atom is -0.493 e. The second kappa shape index (κ2) is 7.31. The third-order valence-electron chi connectivity index (χ3n) is 3.55. The normalized spacial score (nSPS) is 12.8. The van der Waals surface area contributed by atoms with Gasteiger partial charge in [-0.3, -0.25) is 4.68 Å². The summed E-state index contributed by atoms with van der Waals surface area (Å²) in [6, 6.07) is 4.44. The largest absolute Gasteiger partial charge is 0.493 e. The SMILES string of the molecule is CCNC(CCc1ccco1)c1c(OC)cnn1C(C)C. The van der Waals surface area contributed by atoms with Crippen LogP contribution in [0.1, 0.15) is 50.7 Å². The Morgan fingerprint density at radius 3 is 2.81 bits per heavy atom. The zero-order valence-corrected chi connectivity index (χ0v) is 13.3. The van der Waals surface area contributed by atoms with Gasteiger partial charge in [-0.1, -0.05) is 6.92 Å². The monoisotopic (exact) mass is 291 g/mol. The standard InChI is InChI=1S/C16H25N3O2/c1-5-17-14(9-8-13-7-6-10-21-13)16-15(20-4)11-18-19(16)12(2)3/h6-7,10-12,14,17H,5,8-9H2,1-4H3. The highest BCUT2D eigenvalue weighted by Gasteiger charge is 2.22.